The largest absolute Gasteiger partial charge is 0.356 e. The average Bonchev–Trinajstić information content (AvgIpc) is 2.81. The molecule has 2 N–H and O–H groups in total. The van der Waals surface area contributed by atoms with E-state index in [0.717, 1.165) is 37.6 Å². The Hall–Kier alpha value is -0.220. The maximum atomic E-state index is 11.7. The van der Waals surface area contributed by atoms with Gasteiger partial charge in [-0.2, -0.15) is 11.8 Å². The first-order valence-electron chi connectivity index (χ1n) is 5.92. The normalized spacial score (nSPS) is 31.5. The van der Waals surface area contributed by atoms with Crippen molar-refractivity contribution in [3.05, 3.63) is 0 Å². The van der Waals surface area contributed by atoms with Crippen LogP contribution in [0.3, 0.4) is 0 Å². The van der Waals surface area contributed by atoms with Crippen molar-refractivity contribution < 1.29 is 4.79 Å². The number of nitrogens with one attached hydrogen (secondary N) is 2. The molecule has 0 aromatic carbocycles. The second-order valence-electron chi connectivity index (χ2n) is 4.52. The molecule has 2 rings (SSSR count). The number of piperidine rings is 1. The number of carbonyl (C=O) groups excluding carboxylic acids is 1. The van der Waals surface area contributed by atoms with Crippen molar-refractivity contribution in [2.45, 2.75) is 19.3 Å². The van der Waals surface area contributed by atoms with Gasteiger partial charge in [0.1, 0.15) is 0 Å². The van der Waals surface area contributed by atoms with Crippen LogP contribution >= 0.6 is 11.8 Å². The summed E-state index contributed by atoms with van der Waals surface area (Å²) in [6.45, 7) is 3.08. The number of hydrogen-bond donors (Lipinski definition) is 2. The van der Waals surface area contributed by atoms with Crippen LogP contribution in [0.4, 0.5) is 0 Å². The molecule has 2 fully saturated rings. The van der Waals surface area contributed by atoms with Crippen LogP contribution in [0.1, 0.15) is 19.3 Å². The van der Waals surface area contributed by atoms with Crippen molar-refractivity contribution >= 4 is 17.7 Å². The first-order valence-corrected chi connectivity index (χ1v) is 7.08. The summed E-state index contributed by atoms with van der Waals surface area (Å²) in [5.74, 6) is 3.39. The molecule has 4 heteroatoms. The molecular formula is C11H20N2OS. The summed E-state index contributed by atoms with van der Waals surface area (Å²) in [6.07, 6.45) is 3.58. The molecule has 0 bridgehead atoms. The Morgan fingerprint density at radius 3 is 3.07 bits per heavy atom. The van der Waals surface area contributed by atoms with Crippen molar-refractivity contribution in [3.63, 3.8) is 0 Å². The SMILES string of the molecule is O=C(NCC1CCCNC1)C1CCSC1. The lowest BCUT2D eigenvalue weighted by Gasteiger charge is -2.23. The van der Waals surface area contributed by atoms with Crippen LogP contribution in [0, 0.1) is 11.8 Å². The van der Waals surface area contributed by atoms with Crippen LogP contribution in [0.5, 0.6) is 0 Å². The zero-order valence-electron chi connectivity index (χ0n) is 9.13. The molecule has 86 valence electrons. The van der Waals surface area contributed by atoms with E-state index in [0.29, 0.717) is 5.92 Å². The third-order valence-corrected chi connectivity index (χ3v) is 4.43. The van der Waals surface area contributed by atoms with E-state index in [1.807, 2.05) is 11.8 Å². The predicted molar refractivity (Wildman–Crippen MR) is 64.0 cm³/mol. The molecule has 15 heavy (non-hydrogen) atoms. The Labute approximate surface area is 95.8 Å². The fourth-order valence-electron chi connectivity index (χ4n) is 2.23. The van der Waals surface area contributed by atoms with Gasteiger partial charge in [-0.25, -0.2) is 0 Å². The van der Waals surface area contributed by atoms with E-state index in [-0.39, 0.29) is 11.8 Å². The van der Waals surface area contributed by atoms with Gasteiger partial charge in [0, 0.05) is 18.2 Å². The Balaban J connectivity index is 1.65. The minimum absolute atomic E-state index is 0.283. The fraction of sp³-hybridized carbons (Fsp3) is 0.909. The number of hydrogen-bond acceptors (Lipinski definition) is 3. The third-order valence-electron chi connectivity index (χ3n) is 3.26. The summed E-state index contributed by atoms with van der Waals surface area (Å²) in [4.78, 5) is 11.7. The van der Waals surface area contributed by atoms with Crippen LogP contribution in [-0.4, -0.2) is 37.0 Å². The molecule has 0 radical (unpaired) electrons. The van der Waals surface area contributed by atoms with Crippen LogP contribution in [0.25, 0.3) is 0 Å². The third kappa shape index (κ3) is 3.38. The van der Waals surface area contributed by atoms with Gasteiger partial charge >= 0.3 is 0 Å². The molecule has 0 aromatic rings. The average molecular weight is 228 g/mol. The summed E-state index contributed by atoms with van der Waals surface area (Å²) in [7, 11) is 0. The summed E-state index contributed by atoms with van der Waals surface area (Å²) in [5.41, 5.74) is 0. The van der Waals surface area contributed by atoms with E-state index >= 15 is 0 Å². The highest BCUT2D eigenvalue weighted by atomic mass is 32.2. The Kier molecular flexibility index (Phi) is 4.32. The molecule has 3 nitrogen and oxygen atoms in total. The molecule has 0 aliphatic carbocycles. The van der Waals surface area contributed by atoms with Gasteiger partial charge in [0.15, 0.2) is 0 Å². The topological polar surface area (TPSA) is 41.1 Å². The lowest BCUT2D eigenvalue weighted by atomic mass is 9.99. The molecule has 2 saturated heterocycles. The quantitative estimate of drug-likeness (QED) is 0.752. The van der Waals surface area contributed by atoms with Gasteiger partial charge in [0.2, 0.25) is 5.91 Å². The van der Waals surface area contributed by atoms with E-state index in [1.165, 1.54) is 12.8 Å². The molecule has 2 aliphatic heterocycles. The molecular weight excluding hydrogens is 208 g/mol. The molecule has 0 aromatic heterocycles. The number of rotatable bonds is 3. The highest BCUT2D eigenvalue weighted by molar-refractivity contribution is 7.99. The van der Waals surface area contributed by atoms with Gasteiger partial charge in [-0.1, -0.05) is 0 Å². The molecule has 1 amide bonds. The monoisotopic (exact) mass is 228 g/mol. The molecule has 2 aliphatic rings. The number of amides is 1. The summed E-state index contributed by atoms with van der Waals surface area (Å²) in [6, 6.07) is 0. The Bertz CT molecular complexity index is 211. The predicted octanol–water partition coefficient (Wildman–Crippen LogP) is 0.855. The minimum atomic E-state index is 0.283. The van der Waals surface area contributed by atoms with Gasteiger partial charge in [-0.05, 0) is 44.0 Å². The molecule has 2 atom stereocenters. The Morgan fingerprint density at radius 1 is 1.47 bits per heavy atom. The standard InChI is InChI=1S/C11H20N2OS/c14-11(10-3-5-15-8-10)13-7-9-2-1-4-12-6-9/h9-10,12H,1-8H2,(H,13,14). The van der Waals surface area contributed by atoms with Crippen LogP contribution < -0.4 is 10.6 Å². The minimum Gasteiger partial charge on any atom is -0.356 e. The zero-order valence-corrected chi connectivity index (χ0v) is 9.94. The van der Waals surface area contributed by atoms with Crippen molar-refractivity contribution in [2.24, 2.45) is 11.8 Å². The molecule has 2 unspecified atom stereocenters. The first-order chi connectivity index (χ1) is 7.36. The second kappa shape index (κ2) is 5.75. The summed E-state index contributed by atoms with van der Waals surface area (Å²) >= 11 is 1.90. The lowest BCUT2D eigenvalue weighted by Crippen LogP contribution is -2.40. The molecule has 0 spiro atoms. The van der Waals surface area contributed by atoms with Gasteiger partial charge in [-0.15, -0.1) is 0 Å². The fourth-order valence-corrected chi connectivity index (χ4v) is 3.45. The van der Waals surface area contributed by atoms with Crippen LogP contribution in [-0.2, 0) is 4.79 Å². The zero-order chi connectivity index (χ0) is 10.5. The highest BCUT2D eigenvalue weighted by Gasteiger charge is 2.23. The maximum Gasteiger partial charge on any atom is 0.223 e. The van der Waals surface area contributed by atoms with E-state index < -0.39 is 0 Å². The van der Waals surface area contributed by atoms with E-state index in [4.69, 9.17) is 0 Å². The van der Waals surface area contributed by atoms with Crippen molar-refractivity contribution in [3.8, 4) is 0 Å². The second-order valence-corrected chi connectivity index (χ2v) is 5.67. The van der Waals surface area contributed by atoms with E-state index in [1.54, 1.807) is 0 Å². The van der Waals surface area contributed by atoms with E-state index in [2.05, 4.69) is 10.6 Å². The van der Waals surface area contributed by atoms with Gasteiger partial charge in [-0.3, -0.25) is 4.79 Å². The summed E-state index contributed by atoms with van der Waals surface area (Å²) < 4.78 is 0. The highest BCUT2D eigenvalue weighted by Crippen LogP contribution is 2.23. The maximum absolute atomic E-state index is 11.7. The van der Waals surface area contributed by atoms with Gasteiger partial charge in [0.05, 0.1) is 0 Å². The number of thioether (sulfide) groups is 1. The van der Waals surface area contributed by atoms with Crippen molar-refractivity contribution in [1.29, 1.82) is 0 Å². The lowest BCUT2D eigenvalue weighted by molar-refractivity contribution is -0.124. The van der Waals surface area contributed by atoms with Gasteiger partial charge < -0.3 is 10.6 Å². The van der Waals surface area contributed by atoms with Crippen molar-refractivity contribution in [1.82, 2.24) is 10.6 Å². The first kappa shape index (κ1) is 11.3. The van der Waals surface area contributed by atoms with Gasteiger partial charge in [0.25, 0.3) is 0 Å². The number of carbonyl (C=O) groups is 1. The Morgan fingerprint density at radius 2 is 2.40 bits per heavy atom. The molecule has 2 heterocycles. The van der Waals surface area contributed by atoms with E-state index in [9.17, 15) is 4.79 Å². The summed E-state index contributed by atoms with van der Waals surface area (Å²) in [5, 5.41) is 6.47. The smallest absolute Gasteiger partial charge is 0.223 e. The van der Waals surface area contributed by atoms with Crippen LogP contribution in [0.15, 0.2) is 0 Å². The molecule has 0 saturated carbocycles. The van der Waals surface area contributed by atoms with Crippen LogP contribution in [0.2, 0.25) is 0 Å². The van der Waals surface area contributed by atoms with Crippen molar-refractivity contribution in [2.75, 3.05) is 31.1 Å².